The quantitative estimate of drug-likeness (QED) is 0.441. The van der Waals surface area contributed by atoms with Crippen LogP contribution in [0.3, 0.4) is 0 Å². The number of methoxy groups -OCH3 is 1. The van der Waals surface area contributed by atoms with Crippen molar-refractivity contribution in [2.45, 2.75) is 6.92 Å². The molecule has 1 fully saturated rings. The minimum absolute atomic E-state index is 0.0813. The predicted molar refractivity (Wildman–Crippen MR) is 127 cm³/mol. The molecule has 1 amide bonds. The van der Waals surface area contributed by atoms with Gasteiger partial charge in [0.25, 0.3) is 5.91 Å². The van der Waals surface area contributed by atoms with E-state index in [0.29, 0.717) is 31.7 Å². The van der Waals surface area contributed by atoms with Crippen LogP contribution < -0.4 is 9.64 Å². The largest absolute Gasteiger partial charge is 0.495 e. The smallest absolute Gasteiger partial charge is 0.257 e. The normalized spacial score (nSPS) is 14.4. The Hall–Kier alpha value is -3.32. The molecular weight excluding hydrogens is 426 g/mol. The van der Waals surface area contributed by atoms with Crippen molar-refractivity contribution in [1.82, 2.24) is 19.4 Å². The summed E-state index contributed by atoms with van der Waals surface area (Å²) in [5.74, 6) is 0.742. The van der Waals surface area contributed by atoms with Crippen LogP contribution >= 0.6 is 11.6 Å². The number of anilines is 1. The van der Waals surface area contributed by atoms with E-state index in [9.17, 15) is 4.79 Å². The van der Waals surface area contributed by atoms with Gasteiger partial charge in [0.05, 0.1) is 35.1 Å². The summed E-state index contributed by atoms with van der Waals surface area (Å²) in [5.41, 5.74) is 4.72. The molecule has 32 heavy (non-hydrogen) atoms. The van der Waals surface area contributed by atoms with Crippen LogP contribution in [0.15, 0.2) is 42.7 Å². The summed E-state index contributed by atoms with van der Waals surface area (Å²) in [6, 6.07) is 9.81. The molecule has 0 spiro atoms. The number of hydrogen-bond donors (Lipinski definition) is 0. The third kappa shape index (κ3) is 3.24. The number of piperazine rings is 1. The first-order valence-corrected chi connectivity index (χ1v) is 10.9. The Balaban J connectivity index is 1.46. The third-order valence-corrected chi connectivity index (χ3v) is 6.59. The summed E-state index contributed by atoms with van der Waals surface area (Å²) in [6.45, 7) is 4.64. The lowest BCUT2D eigenvalue weighted by Gasteiger charge is -2.36. The molecule has 4 aromatic rings. The summed E-state index contributed by atoms with van der Waals surface area (Å²) >= 11 is 6.13. The predicted octanol–water partition coefficient (Wildman–Crippen LogP) is 4.05. The summed E-state index contributed by atoms with van der Waals surface area (Å²) in [6.07, 6.45) is 3.44. The molecule has 1 aliphatic heterocycles. The summed E-state index contributed by atoms with van der Waals surface area (Å²) < 4.78 is 7.94. The molecule has 8 heteroatoms. The maximum Gasteiger partial charge on any atom is 0.257 e. The highest BCUT2D eigenvalue weighted by Gasteiger charge is 2.26. The lowest BCUT2D eigenvalue weighted by molar-refractivity contribution is 0.0746. The summed E-state index contributed by atoms with van der Waals surface area (Å²) in [7, 11) is 3.76. The average Bonchev–Trinajstić information content (AvgIpc) is 3.10. The van der Waals surface area contributed by atoms with Crippen LogP contribution in [0.5, 0.6) is 5.75 Å². The van der Waals surface area contributed by atoms with E-state index in [4.69, 9.17) is 16.3 Å². The SMILES string of the molecule is COc1cc2c(cc1N1CCN(C(=O)c3cccnc3Cl)CC1)c1ccnc(C)c1n2C. The lowest BCUT2D eigenvalue weighted by Crippen LogP contribution is -2.49. The zero-order chi connectivity index (χ0) is 22.4. The van der Waals surface area contributed by atoms with E-state index in [1.165, 1.54) is 10.8 Å². The molecule has 4 heterocycles. The number of pyridine rings is 2. The van der Waals surface area contributed by atoms with E-state index in [1.54, 1.807) is 25.4 Å². The average molecular weight is 450 g/mol. The molecule has 164 valence electrons. The van der Waals surface area contributed by atoms with E-state index >= 15 is 0 Å². The first-order chi connectivity index (χ1) is 15.5. The Labute approximate surface area is 191 Å². The van der Waals surface area contributed by atoms with Gasteiger partial charge in [-0.05, 0) is 31.2 Å². The van der Waals surface area contributed by atoms with Gasteiger partial charge >= 0.3 is 0 Å². The minimum Gasteiger partial charge on any atom is -0.495 e. The van der Waals surface area contributed by atoms with E-state index in [1.807, 2.05) is 18.0 Å². The number of rotatable bonds is 3. The van der Waals surface area contributed by atoms with Crippen LogP contribution in [-0.4, -0.2) is 58.6 Å². The van der Waals surface area contributed by atoms with Crippen molar-refractivity contribution in [2.75, 3.05) is 38.2 Å². The van der Waals surface area contributed by atoms with Crippen molar-refractivity contribution < 1.29 is 9.53 Å². The van der Waals surface area contributed by atoms with E-state index in [2.05, 4.69) is 44.7 Å². The van der Waals surface area contributed by atoms with Crippen LogP contribution in [0, 0.1) is 6.92 Å². The Bertz CT molecular complexity index is 1340. The number of nitrogens with zero attached hydrogens (tertiary/aromatic N) is 5. The third-order valence-electron chi connectivity index (χ3n) is 6.29. The van der Waals surface area contributed by atoms with Crippen molar-refractivity contribution in [3.8, 4) is 5.75 Å². The van der Waals surface area contributed by atoms with Crippen LogP contribution in [0.2, 0.25) is 5.15 Å². The van der Waals surface area contributed by atoms with Gasteiger partial charge in [-0.3, -0.25) is 9.78 Å². The molecular formula is C24H24ClN5O2. The zero-order valence-corrected chi connectivity index (χ0v) is 19.1. The first kappa shape index (κ1) is 20.6. The highest BCUT2D eigenvalue weighted by atomic mass is 35.5. The van der Waals surface area contributed by atoms with Crippen molar-refractivity contribution >= 4 is 45.0 Å². The van der Waals surface area contributed by atoms with E-state index in [-0.39, 0.29) is 11.1 Å². The van der Waals surface area contributed by atoms with Crippen molar-refractivity contribution in [1.29, 1.82) is 0 Å². The summed E-state index contributed by atoms with van der Waals surface area (Å²) in [5, 5.41) is 2.59. The molecule has 0 radical (unpaired) electrons. The second-order valence-electron chi connectivity index (χ2n) is 8.01. The molecule has 0 N–H and O–H groups in total. The van der Waals surface area contributed by atoms with Gasteiger partial charge in [-0.15, -0.1) is 0 Å². The first-order valence-electron chi connectivity index (χ1n) is 10.6. The molecule has 0 bridgehead atoms. The van der Waals surface area contributed by atoms with Gasteiger partial charge in [-0.1, -0.05) is 11.6 Å². The Morgan fingerprint density at radius 3 is 2.56 bits per heavy atom. The Morgan fingerprint density at radius 2 is 1.84 bits per heavy atom. The number of ether oxygens (including phenoxy) is 1. The molecule has 0 atom stereocenters. The number of aryl methyl sites for hydroxylation is 2. The number of hydrogen-bond acceptors (Lipinski definition) is 5. The van der Waals surface area contributed by atoms with Gasteiger partial charge in [0.1, 0.15) is 10.9 Å². The molecule has 1 aromatic carbocycles. The number of carbonyl (C=O) groups is 1. The van der Waals surface area contributed by atoms with Crippen molar-refractivity contribution in [3.63, 3.8) is 0 Å². The van der Waals surface area contributed by atoms with E-state index in [0.717, 1.165) is 28.2 Å². The molecule has 0 aliphatic carbocycles. The summed E-state index contributed by atoms with van der Waals surface area (Å²) in [4.78, 5) is 25.5. The fraction of sp³-hybridized carbons (Fsp3) is 0.292. The van der Waals surface area contributed by atoms with Crippen LogP contribution in [-0.2, 0) is 7.05 Å². The Morgan fingerprint density at radius 1 is 1.06 bits per heavy atom. The molecule has 3 aromatic heterocycles. The van der Waals surface area contributed by atoms with Gasteiger partial charge in [0.15, 0.2) is 0 Å². The number of benzene rings is 1. The van der Waals surface area contributed by atoms with Crippen LogP contribution in [0.4, 0.5) is 5.69 Å². The zero-order valence-electron chi connectivity index (χ0n) is 18.3. The van der Waals surface area contributed by atoms with Crippen molar-refractivity contribution in [3.05, 3.63) is 59.1 Å². The molecule has 7 nitrogen and oxygen atoms in total. The number of halogens is 1. The highest BCUT2D eigenvalue weighted by molar-refractivity contribution is 6.32. The molecule has 1 saturated heterocycles. The number of carbonyl (C=O) groups excluding carboxylic acids is 1. The van der Waals surface area contributed by atoms with Crippen molar-refractivity contribution in [2.24, 2.45) is 7.05 Å². The monoisotopic (exact) mass is 449 g/mol. The highest BCUT2D eigenvalue weighted by Crippen LogP contribution is 2.38. The topological polar surface area (TPSA) is 63.5 Å². The second-order valence-corrected chi connectivity index (χ2v) is 8.37. The van der Waals surface area contributed by atoms with Crippen LogP contribution in [0.25, 0.3) is 21.8 Å². The number of aromatic nitrogens is 3. The van der Waals surface area contributed by atoms with Gasteiger partial charge < -0.3 is 19.1 Å². The maximum atomic E-state index is 12.9. The molecule has 5 rings (SSSR count). The molecule has 0 saturated carbocycles. The van der Waals surface area contributed by atoms with Gasteiger partial charge in [-0.2, -0.15) is 0 Å². The van der Waals surface area contributed by atoms with Gasteiger partial charge in [-0.25, -0.2) is 4.98 Å². The fourth-order valence-electron chi connectivity index (χ4n) is 4.65. The fourth-order valence-corrected chi connectivity index (χ4v) is 4.85. The van der Waals surface area contributed by atoms with Gasteiger partial charge in [0, 0.05) is 62.5 Å². The number of amides is 1. The molecule has 0 unspecified atom stereocenters. The van der Waals surface area contributed by atoms with E-state index < -0.39 is 0 Å². The lowest BCUT2D eigenvalue weighted by atomic mass is 10.1. The van der Waals surface area contributed by atoms with Gasteiger partial charge in [0.2, 0.25) is 0 Å². The minimum atomic E-state index is -0.0813. The number of fused-ring (bicyclic) bond motifs is 3. The molecule has 1 aliphatic rings. The standard InChI is InChI=1S/C24H24ClN5O2/c1-15-22-16(6-8-26-15)18-13-20(21(32-3)14-19(18)28(22)2)29-9-11-30(12-10-29)24(31)17-5-4-7-27-23(17)25/h4-8,13-14H,9-12H2,1-3H3. The Kier molecular flexibility index (Phi) is 5.13. The second kappa shape index (κ2) is 7.98. The maximum absolute atomic E-state index is 12.9. The van der Waals surface area contributed by atoms with Crippen LogP contribution in [0.1, 0.15) is 16.1 Å².